The molecule has 0 atom stereocenters. The van der Waals surface area contributed by atoms with Crippen LogP contribution in [0.1, 0.15) is 0 Å². The van der Waals surface area contributed by atoms with Crippen molar-refractivity contribution in [3.63, 3.8) is 0 Å². The van der Waals surface area contributed by atoms with Gasteiger partial charge >= 0.3 is 0 Å². The van der Waals surface area contributed by atoms with Crippen LogP contribution in [0.3, 0.4) is 0 Å². The van der Waals surface area contributed by atoms with Crippen LogP contribution in [0.5, 0.6) is 0 Å². The maximum absolute atomic E-state index is 4.56. The summed E-state index contributed by atoms with van der Waals surface area (Å²) in [5.41, 5.74) is 4.97. The molecule has 6 aromatic carbocycles. The first-order valence-corrected chi connectivity index (χ1v) is 15.1. The fraction of sp³-hybridized carbons (Fsp3) is 0. The van der Waals surface area contributed by atoms with Crippen molar-refractivity contribution in [3.05, 3.63) is 128 Å². The van der Waals surface area contributed by atoms with Crippen LogP contribution in [0.25, 0.3) is 84.1 Å². The third-order valence-corrected chi connectivity index (χ3v) is 10.6. The Bertz CT molecular complexity index is 2430. The molecule has 0 radical (unpaired) electrons. The zero-order valence-electron chi connectivity index (χ0n) is 21.4. The molecule has 0 aliphatic rings. The highest BCUT2D eigenvalue weighted by atomic mass is 32.1. The van der Waals surface area contributed by atoms with Gasteiger partial charge in [0.1, 0.15) is 0 Å². The number of hydrogen-bond acceptors (Lipinski definition) is 3. The Balaban J connectivity index is 1.56. The first kappa shape index (κ1) is 22.3. The molecule has 0 saturated heterocycles. The average molecular weight is 544 g/mol. The molecule has 0 aliphatic carbocycles. The molecule has 0 saturated carbocycles. The molecule has 1 nitrogen and oxygen atoms in total. The first-order valence-electron chi connectivity index (χ1n) is 13.5. The highest BCUT2D eigenvalue weighted by molar-refractivity contribution is 7.27. The summed E-state index contributed by atoms with van der Waals surface area (Å²) < 4.78 is 5.35. The second-order valence-corrected chi connectivity index (χ2v) is 12.4. The molecule has 0 N–H and O–H groups in total. The normalized spacial score (nSPS) is 12.0. The van der Waals surface area contributed by atoms with Crippen LogP contribution in [0.2, 0.25) is 0 Å². The number of pyridine rings is 1. The van der Waals surface area contributed by atoms with Crippen molar-refractivity contribution >= 4 is 84.6 Å². The van der Waals surface area contributed by atoms with E-state index in [2.05, 4.69) is 114 Å². The molecule has 0 unspecified atom stereocenters. The minimum absolute atomic E-state index is 1.14. The smallest absolute Gasteiger partial charge is 0.0440 e. The number of rotatable bonds is 2. The summed E-state index contributed by atoms with van der Waals surface area (Å²) in [5, 5.41) is 10.5. The molecule has 3 heteroatoms. The maximum Gasteiger partial charge on any atom is 0.0440 e. The van der Waals surface area contributed by atoms with Crippen LogP contribution < -0.4 is 0 Å². The molecular formula is C37H21NS2. The largest absolute Gasteiger partial charge is 0.264 e. The molecule has 0 amide bonds. The predicted molar refractivity (Wildman–Crippen MR) is 176 cm³/mol. The van der Waals surface area contributed by atoms with E-state index >= 15 is 0 Å². The van der Waals surface area contributed by atoms with Gasteiger partial charge in [-0.05, 0) is 45.5 Å². The van der Waals surface area contributed by atoms with Gasteiger partial charge in [-0.1, -0.05) is 97.1 Å². The second kappa shape index (κ2) is 8.46. The van der Waals surface area contributed by atoms with Crippen molar-refractivity contribution in [1.29, 1.82) is 0 Å². The third kappa shape index (κ3) is 3.05. The van der Waals surface area contributed by atoms with E-state index in [1.807, 2.05) is 41.1 Å². The van der Waals surface area contributed by atoms with Crippen molar-refractivity contribution in [2.45, 2.75) is 0 Å². The van der Waals surface area contributed by atoms with Gasteiger partial charge in [0, 0.05) is 69.3 Å². The van der Waals surface area contributed by atoms with E-state index < -0.39 is 0 Å². The Morgan fingerprint density at radius 2 is 1.05 bits per heavy atom. The molecule has 0 spiro atoms. The van der Waals surface area contributed by atoms with Crippen LogP contribution >= 0.6 is 22.7 Å². The van der Waals surface area contributed by atoms with Gasteiger partial charge in [0.05, 0.1) is 0 Å². The lowest BCUT2D eigenvalue weighted by molar-refractivity contribution is 1.33. The molecule has 3 heterocycles. The van der Waals surface area contributed by atoms with E-state index in [-0.39, 0.29) is 0 Å². The molecule has 9 aromatic rings. The van der Waals surface area contributed by atoms with Crippen molar-refractivity contribution in [1.82, 2.24) is 4.98 Å². The highest BCUT2D eigenvalue weighted by Gasteiger charge is 2.22. The van der Waals surface area contributed by atoms with Gasteiger partial charge in [-0.2, -0.15) is 0 Å². The van der Waals surface area contributed by atoms with Crippen molar-refractivity contribution < 1.29 is 0 Å². The van der Waals surface area contributed by atoms with Crippen molar-refractivity contribution in [2.75, 3.05) is 0 Å². The maximum atomic E-state index is 4.56. The monoisotopic (exact) mass is 543 g/mol. The SMILES string of the molecule is c1cncc(-c2c(-c3cccc4c3sc3ccccc34)c3ccc4c5ccccc5sc4c3c3ccccc23)c1. The number of benzene rings is 6. The number of aromatic nitrogens is 1. The summed E-state index contributed by atoms with van der Waals surface area (Å²) in [6, 6.07) is 42.3. The Labute approximate surface area is 238 Å². The molecular weight excluding hydrogens is 523 g/mol. The van der Waals surface area contributed by atoms with Crippen LogP contribution in [0.15, 0.2) is 128 Å². The Morgan fingerprint density at radius 1 is 0.425 bits per heavy atom. The number of thiophene rings is 2. The molecule has 0 aliphatic heterocycles. The fourth-order valence-electron chi connectivity index (χ4n) is 6.49. The van der Waals surface area contributed by atoms with Crippen LogP contribution in [-0.2, 0) is 0 Å². The second-order valence-electron chi connectivity index (χ2n) is 10.3. The van der Waals surface area contributed by atoms with Crippen LogP contribution in [0, 0.1) is 0 Å². The average Bonchev–Trinajstić information content (AvgIpc) is 3.59. The number of hydrogen-bond donors (Lipinski definition) is 0. The lowest BCUT2D eigenvalue weighted by Crippen LogP contribution is -1.92. The zero-order valence-corrected chi connectivity index (χ0v) is 23.0. The molecule has 0 fully saturated rings. The van der Waals surface area contributed by atoms with Gasteiger partial charge in [-0.25, -0.2) is 0 Å². The van der Waals surface area contributed by atoms with E-state index in [1.165, 1.54) is 78.6 Å². The Morgan fingerprint density at radius 3 is 1.80 bits per heavy atom. The summed E-state index contributed by atoms with van der Waals surface area (Å²) in [4.78, 5) is 4.56. The lowest BCUT2D eigenvalue weighted by Gasteiger charge is -2.19. The van der Waals surface area contributed by atoms with Gasteiger partial charge in [0.2, 0.25) is 0 Å². The zero-order chi connectivity index (χ0) is 26.2. The van der Waals surface area contributed by atoms with E-state index in [4.69, 9.17) is 0 Å². The highest BCUT2D eigenvalue weighted by Crippen LogP contribution is 2.51. The van der Waals surface area contributed by atoms with Gasteiger partial charge in [-0.3, -0.25) is 4.98 Å². The van der Waals surface area contributed by atoms with E-state index in [9.17, 15) is 0 Å². The molecule has 40 heavy (non-hydrogen) atoms. The minimum atomic E-state index is 1.14. The number of fused-ring (bicyclic) bond motifs is 10. The predicted octanol–water partition coefficient (Wildman–Crippen LogP) is 11.5. The first-order chi connectivity index (χ1) is 19.9. The molecule has 186 valence electrons. The van der Waals surface area contributed by atoms with E-state index in [1.54, 1.807) is 0 Å². The van der Waals surface area contributed by atoms with Crippen molar-refractivity contribution in [3.8, 4) is 22.3 Å². The van der Waals surface area contributed by atoms with Gasteiger partial charge in [0.25, 0.3) is 0 Å². The summed E-state index contributed by atoms with van der Waals surface area (Å²) in [6.45, 7) is 0. The van der Waals surface area contributed by atoms with Gasteiger partial charge < -0.3 is 0 Å². The Kier molecular flexibility index (Phi) is 4.71. The lowest BCUT2D eigenvalue weighted by atomic mass is 9.84. The van der Waals surface area contributed by atoms with E-state index in [0.717, 1.165) is 5.56 Å². The Hall–Kier alpha value is -4.57. The minimum Gasteiger partial charge on any atom is -0.264 e. The fourth-order valence-corrected chi connectivity index (χ4v) is 8.97. The van der Waals surface area contributed by atoms with Crippen LogP contribution in [-0.4, -0.2) is 4.98 Å². The van der Waals surface area contributed by atoms with Crippen LogP contribution in [0.4, 0.5) is 0 Å². The quantitative estimate of drug-likeness (QED) is 0.198. The standard InChI is InChI=1S/C37H21NS2/c1-2-13-26-25(12-1)33(22-9-8-20-38-21-22)34(30-15-7-14-27-23-10-3-5-16-31(23)39-36(27)30)29-19-18-28-24-11-4-6-17-32(24)40-37(28)35(26)29/h1-21H. The van der Waals surface area contributed by atoms with Gasteiger partial charge in [0.15, 0.2) is 0 Å². The third-order valence-electron chi connectivity index (χ3n) is 8.16. The van der Waals surface area contributed by atoms with Crippen molar-refractivity contribution in [2.24, 2.45) is 0 Å². The molecule has 9 rings (SSSR count). The van der Waals surface area contributed by atoms with E-state index in [0.29, 0.717) is 0 Å². The summed E-state index contributed by atoms with van der Waals surface area (Å²) in [7, 11) is 0. The summed E-state index contributed by atoms with van der Waals surface area (Å²) in [5.74, 6) is 0. The summed E-state index contributed by atoms with van der Waals surface area (Å²) >= 11 is 3.80. The topological polar surface area (TPSA) is 12.9 Å². The molecule has 3 aromatic heterocycles. The molecule has 0 bridgehead atoms. The van der Waals surface area contributed by atoms with Gasteiger partial charge in [-0.15, -0.1) is 22.7 Å². The number of nitrogens with zero attached hydrogens (tertiary/aromatic N) is 1. The summed E-state index contributed by atoms with van der Waals surface area (Å²) in [6.07, 6.45) is 3.87.